The second kappa shape index (κ2) is 10.4. The Kier molecular flexibility index (Phi) is 7.95. The summed E-state index contributed by atoms with van der Waals surface area (Å²) in [7, 11) is 1.58. The first-order valence-electron chi connectivity index (χ1n) is 8.93. The number of carbonyl (C=O) groups excluding carboxylic acids is 2. The molecule has 0 aliphatic carbocycles. The van der Waals surface area contributed by atoms with E-state index in [9.17, 15) is 14.0 Å². The molecule has 0 saturated carbocycles. The van der Waals surface area contributed by atoms with E-state index in [-0.39, 0.29) is 24.1 Å². The van der Waals surface area contributed by atoms with Gasteiger partial charge < -0.3 is 15.0 Å². The van der Waals surface area contributed by atoms with E-state index in [2.05, 4.69) is 5.32 Å². The molecule has 2 aromatic carbocycles. The monoisotopic (exact) mass is 372 g/mol. The number of hydrogen-bond acceptors (Lipinski definition) is 3. The molecular weight excluding hydrogens is 347 g/mol. The minimum Gasteiger partial charge on any atom is -0.383 e. The topological polar surface area (TPSA) is 58.6 Å². The van der Waals surface area contributed by atoms with Crippen LogP contribution in [0.15, 0.2) is 48.5 Å². The van der Waals surface area contributed by atoms with Crippen LogP contribution in [0.4, 0.5) is 10.1 Å². The van der Waals surface area contributed by atoms with Crippen molar-refractivity contribution in [2.24, 2.45) is 0 Å². The van der Waals surface area contributed by atoms with Gasteiger partial charge in [0.15, 0.2) is 0 Å². The van der Waals surface area contributed by atoms with Gasteiger partial charge in [0, 0.05) is 25.8 Å². The molecule has 2 rings (SSSR count). The number of nitrogens with zero attached hydrogens (tertiary/aromatic N) is 1. The van der Waals surface area contributed by atoms with Crippen molar-refractivity contribution in [1.82, 2.24) is 5.32 Å². The summed E-state index contributed by atoms with van der Waals surface area (Å²) in [5, 5.41) is 2.78. The summed E-state index contributed by atoms with van der Waals surface area (Å²) < 4.78 is 18.0. The third-order valence-corrected chi connectivity index (χ3v) is 4.07. The fourth-order valence-corrected chi connectivity index (χ4v) is 2.66. The van der Waals surface area contributed by atoms with Gasteiger partial charge in [-0.25, -0.2) is 4.39 Å². The van der Waals surface area contributed by atoms with Crippen molar-refractivity contribution in [3.63, 3.8) is 0 Å². The zero-order valence-corrected chi connectivity index (χ0v) is 15.7. The first-order chi connectivity index (χ1) is 13.0. The zero-order chi connectivity index (χ0) is 19.6. The number of rotatable bonds is 9. The molecule has 0 atom stereocenters. The van der Waals surface area contributed by atoms with E-state index in [1.807, 2.05) is 24.3 Å². The van der Waals surface area contributed by atoms with E-state index in [0.717, 1.165) is 11.1 Å². The highest BCUT2D eigenvalue weighted by atomic mass is 19.1. The van der Waals surface area contributed by atoms with Gasteiger partial charge in [-0.05, 0) is 35.4 Å². The molecule has 0 heterocycles. The Morgan fingerprint density at radius 2 is 1.85 bits per heavy atom. The van der Waals surface area contributed by atoms with E-state index in [1.165, 1.54) is 12.1 Å². The number of halogens is 1. The van der Waals surface area contributed by atoms with Crippen molar-refractivity contribution in [3.8, 4) is 0 Å². The lowest BCUT2D eigenvalue weighted by atomic mass is 10.1. The molecule has 6 heteroatoms. The van der Waals surface area contributed by atoms with Crippen LogP contribution in [-0.2, 0) is 27.3 Å². The average Bonchev–Trinajstić information content (AvgIpc) is 2.67. The van der Waals surface area contributed by atoms with E-state index in [1.54, 1.807) is 31.1 Å². The average molecular weight is 372 g/mol. The van der Waals surface area contributed by atoms with E-state index in [0.29, 0.717) is 31.8 Å². The maximum atomic E-state index is 13.1. The van der Waals surface area contributed by atoms with Crippen molar-refractivity contribution >= 4 is 17.5 Å². The van der Waals surface area contributed by atoms with Gasteiger partial charge in [0.05, 0.1) is 19.6 Å². The molecule has 0 unspecified atom stereocenters. The van der Waals surface area contributed by atoms with Crippen LogP contribution in [0.3, 0.4) is 0 Å². The van der Waals surface area contributed by atoms with Crippen molar-refractivity contribution in [2.75, 3.05) is 25.2 Å². The summed E-state index contributed by atoms with van der Waals surface area (Å²) in [5.74, 6) is -0.453. The Morgan fingerprint density at radius 1 is 1.11 bits per heavy atom. The summed E-state index contributed by atoms with van der Waals surface area (Å²) in [6.45, 7) is 3.06. The zero-order valence-electron chi connectivity index (χ0n) is 15.7. The van der Waals surface area contributed by atoms with Crippen LogP contribution >= 0.6 is 0 Å². The quantitative estimate of drug-likeness (QED) is 0.688. The molecule has 0 spiro atoms. The van der Waals surface area contributed by atoms with Gasteiger partial charge in [0.1, 0.15) is 5.82 Å². The summed E-state index contributed by atoms with van der Waals surface area (Å²) in [6.07, 6.45) is 0.575. The molecule has 0 fully saturated rings. The predicted octanol–water partition coefficient (Wildman–Crippen LogP) is 3.07. The number of carbonyl (C=O) groups is 2. The van der Waals surface area contributed by atoms with E-state index in [4.69, 9.17) is 4.74 Å². The molecule has 0 saturated heterocycles. The number of hydrogen-bond donors (Lipinski definition) is 1. The maximum absolute atomic E-state index is 13.1. The molecule has 0 bridgehead atoms. The van der Waals surface area contributed by atoms with Crippen molar-refractivity contribution < 1.29 is 18.7 Å². The lowest BCUT2D eigenvalue weighted by Crippen LogP contribution is -2.30. The number of anilines is 1. The number of amides is 2. The molecule has 0 radical (unpaired) electrons. The number of nitrogens with one attached hydrogen (secondary N) is 1. The molecular formula is C21H25FN2O3. The molecule has 2 amide bonds. The Labute approximate surface area is 159 Å². The van der Waals surface area contributed by atoms with Crippen molar-refractivity contribution in [3.05, 3.63) is 65.5 Å². The van der Waals surface area contributed by atoms with Gasteiger partial charge in [0.25, 0.3) is 0 Å². The van der Waals surface area contributed by atoms with Gasteiger partial charge >= 0.3 is 0 Å². The molecule has 0 aliphatic heterocycles. The summed E-state index contributed by atoms with van der Waals surface area (Å²) >= 11 is 0. The molecule has 2 aromatic rings. The Hall–Kier alpha value is -2.73. The highest BCUT2D eigenvalue weighted by Crippen LogP contribution is 2.21. The van der Waals surface area contributed by atoms with Crippen LogP contribution in [0.25, 0.3) is 0 Å². The van der Waals surface area contributed by atoms with Gasteiger partial charge in [-0.2, -0.15) is 0 Å². The van der Waals surface area contributed by atoms with Crippen LogP contribution in [0.1, 0.15) is 24.5 Å². The number of ether oxygens (including phenoxy) is 1. The molecule has 27 heavy (non-hydrogen) atoms. The van der Waals surface area contributed by atoms with Crippen LogP contribution in [0.2, 0.25) is 0 Å². The van der Waals surface area contributed by atoms with Gasteiger partial charge in [-0.15, -0.1) is 0 Å². The Balaban J connectivity index is 2.14. The number of methoxy groups -OCH3 is 1. The second-order valence-corrected chi connectivity index (χ2v) is 6.15. The van der Waals surface area contributed by atoms with E-state index >= 15 is 0 Å². The van der Waals surface area contributed by atoms with Crippen molar-refractivity contribution in [2.45, 2.75) is 26.3 Å². The third-order valence-electron chi connectivity index (χ3n) is 4.07. The highest BCUT2D eigenvalue weighted by Gasteiger charge is 2.15. The maximum Gasteiger partial charge on any atom is 0.227 e. The van der Waals surface area contributed by atoms with Crippen molar-refractivity contribution in [1.29, 1.82) is 0 Å². The summed E-state index contributed by atoms with van der Waals surface area (Å²) in [4.78, 5) is 26.1. The molecule has 144 valence electrons. The highest BCUT2D eigenvalue weighted by molar-refractivity contribution is 5.93. The lowest BCUT2D eigenvalue weighted by molar-refractivity contribution is -0.120. The largest absolute Gasteiger partial charge is 0.383 e. The molecule has 0 aromatic heterocycles. The lowest BCUT2D eigenvalue weighted by Gasteiger charge is -2.23. The van der Waals surface area contributed by atoms with Crippen LogP contribution in [-0.4, -0.2) is 32.1 Å². The fraction of sp³-hybridized carbons (Fsp3) is 0.333. The second-order valence-electron chi connectivity index (χ2n) is 6.15. The van der Waals surface area contributed by atoms with Gasteiger partial charge in [-0.3, -0.25) is 9.59 Å². The SMILES string of the molecule is CCC(=O)N(Cc1ccc(F)cc1)c1cccc(CC(=O)NCCOC)c1. The fourth-order valence-electron chi connectivity index (χ4n) is 2.66. The normalized spacial score (nSPS) is 10.5. The van der Waals surface area contributed by atoms with Gasteiger partial charge in [0.2, 0.25) is 11.8 Å². The smallest absolute Gasteiger partial charge is 0.227 e. The van der Waals surface area contributed by atoms with E-state index < -0.39 is 0 Å². The van der Waals surface area contributed by atoms with Crippen LogP contribution < -0.4 is 10.2 Å². The standard InChI is InChI=1S/C21H25FN2O3/c1-3-21(26)24(15-16-7-9-18(22)10-8-16)19-6-4-5-17(13-19)14-20(25)23-11-12-27-2/h4-10,13H,3,11-12,14-15H2,1-2H3,(H,23,25). The molecule has 5 nitrogen and oxygen atoms in total. The summed E-state index contributed by atoms with van der Waals surface area (Å²) in [5.41, 5.74) is 2.37. The molecule has 1 N–H and O–H groups in total. The van der Waals surface area contributed by atoms with Gasteiger partial charge in [-0.1, -0.05) is 31.2 Å². The Bertz CT molecular complexity index is 762. The Morgan fingerprint density at radius 3 is 2.52 bits per heavy atom. The predicted molar refractivity (Wildman–Crippen MR) is 103 cm³/mol. The minimum atomic E-state index is -0.311. The third kappa shape index (κ3) is 6.49. The number of benzene rings is 2. The molecule has 0 aliphatic rings. The minimum absolute atomic E-state index is 0.0407. The summed E-state index contributed by atoms with van der Waals surface area (Å²) in [6, 6.07) is 13.4. The first-order valence-corrected chi connectivity index (χ1v) is 8.93. The van der Waals surface area contributed by atoms with Crippen LogP contribution in [0, 0.1) is 5.82 Å². The first kappa shape index (κ1) is 20.6. The van der Waals surface area contributed by atoms with Crippen LogP contribution in [0.5, 0.6) is 0 Å².